The van der Waals surface area contributed by atoms with Crippen molar-refractivity contribution in [2.75, 3.05) is 5.75 Å². The van der Waals surface area contributed by atoms with E-state index in [1.165, 1.54) is 11.8 Å². The molecule has 3 aromatic rings. The zero-order chi connectivity index (χ0) is 16.4. The molecule has 9 heteroatoms. The average Bonchev–Trinajstić information content (AvgIpc) is 3.40. The smallest absolute Gasteiger partial charge is 0.253 e. The fraction of sp³-hybridized carbons (Fsp3) is 0.200. The Morgan fingerprint density at radius 1 is 1.33 bits per heavy atom. The molecule has 24 heavy (non-hydrogen) atoms. The van der Waals surface area contributed by atoms with Gasteiger partial charge in [0.2, 0.25) is 0 Å². The lowest BCUT2D eigenvalue weighted by molar-refractivity contribution is -0.130. The highest BCUT2D eigenvalue weighted by molar-refractivity contribution is 7.99. The van der Waals surface area contributed by atoms with Crippen LogP contribution in [0, 0.1) is 0 Å². The molecule has 0 saturated heterocycles. The third kappa shape index (κ3) is 3.14. The van der Waals surface area contributed by atoms with E-state index in [1.54, 1.807) is 33.9 Å². The number of hydrogen-bond donors (Lipinski definition) is 1. The number of carbonyl (C=O) groups excluding carboxylic acids is 1. The van der Waals surface area contributed by atoms with E-state index in [0.29, 0.717) is 5.03 Å². The summed E-state index contributed by atoms with van der Waals surface area (Å²) >= 11 is 4.67. The number of rotatable bonds is 5. The standard InChI is InChI=1S/C15H13N5OS3/c21-15(9-24-14-8-16-19-17-14)20-11(13-4-2-6-23-13)7-10(18-20)12-3-1-5-22-12/h1-6,8,11H,7,9H2,(H,16,17,19). The number of carbonyl (C=O) groups is 1. The van der Waals surface area contributed by atoms with Crippen molar-refractivity contribution >= 4 is 46.1 Å². The summed E-state index contributed by atoms with van der Waals surface area (Å²) < 4.78 is 0. The van der Waals surface area contributed by atoms with Gasteiger partial charge in [0, 0.05) is 11.3 Å². The van der Waals surface area contributed by atoms with Gasteiger partial charge in [-0.05, 0) is 22.9 Å². The summed E-state index contributed by atoms with van der Waals surface area (Å²) in [5.74, 6) is 0.267. The van der Waals surface area contributed by atoms with Gasteiger partial charge in [-0.2, -0.15) is 15.4 Å². The highest BCUT2D eigenvalue weighted by atomic mass is 32.2. The average molecular weight is 376 g/mol. The molecule has 1 N–H and O–H groups in total. The van der Waals surface area contributed by atoms with Crippen LogP contribution in [0.4, 0.5) is 0 Å². The number of aromatic amines is 1. The maximum atomic E-state index is 12.7. The third-order valence-corrected chi connectivity index (χ3v) is 6.36. The molecule has 122 valence electrons. The monoisotopic (exact) mass is 375 g/mol. The fourth-order valence-corrected chi connectivity index (χ4v) is 4.67. The van der Waals surface area contributed by atoms with Gasteiger partial charge in [-0.25, -0.2) is 5.01 Å². The van der Waals surface area contributed by atoms with Gasteiger partial charge in [0.15, 0.2) is 0 Å². The highest BCUT2D eigenvalue weighted by Crippen LogP contribution is 2.36. The van der Waals surface area contributed by atoms with E-state index < -0.39 is 0 Å². The van der Waals surface area contributed by atoms with Crippen LogP contribution in [0.3, 0.4) is 0 Å². The predicted molar refractivity (Wildman–Crippen MR) is 96.5 cm³/mol. The first-order valence-electron chi connectivity index (χ1n) is 7.26. The van der Waals surface area contributed by atoms with Crippen molar-refractivity contribution in [1.29, 1.82) is 0 Å². The second-order valence-corrected chi connectivity index (χ2v) is 8.02. The molecule has 1 atom stereocenters. The van der Waals surface area contributed by atoms with Gasteiger partial charge in [-0.1, -0.05) is 23.9 Å². The minimum atomic E-state index is -0.0208. The first kappa shape index (κ1) is 15.6. The van der Waals surface area contributed by atoms with Gasteiger partial charge in [0.05, 0.1) is 28.6 Å². The number of amides is 1. The molecule has 3 aromatic heterocycles. The Morgan fingerprint density at radius 3 is 2.92 bits per heavy atom. The lowest BCUT2D eigenvalue weighted by Gasteiger charge is -2.20. The van der Waals surface area contributed by atoms with E-state index in [-0.39, 0.29) is 17.7 Å². The lowest BCUT2D eigenvalue weighted by Crippen LogP contribution is -2.28. The van der Waals surface area contributed by atoms with Crippen LogP contribution in [-0.4, -0.2) is 37.8 Å². The molecule has 0 aliphatic carbocycles. The number of thioether (sulfide) groups is 1. The molecular weight excluding hydrogens is 362 g/mol. The largest absolute Gasteiger partial charge is 0.272 e. The van der Waals surface area contributed by atoms with Crippen molar-refractivity contribution in [2.24, 2.45) is 5.10 Å². The Labute approximate surface area is 150 Å². The molecule has 4 heterocycles. The zero-order valence-corrected chi connectivity index (χ0v) is 14.9. The minimum Gasteiger partial charge on any atom is -0.272 e. The summed E-state index contributed by atoms with van der Waals surface area (Å²) in [7, 11) is 0. The minimum absolute atomic E-state index is 0.0204. The normalized spacial score (nSPS) is 17.2. The molecule has 1 amide bonds. The topological polar surface area (TPSA) is 74.2 Å². The van der Waals surface area contributed by atoms with Gasteiger partial charge < -0.3 is 0 Å². The Balaban J connectivity index is 1.55. The summed E-state index contributed by atoms with van der Waals surface area (Å²) in [6.45, 7) is 0. The summed E-state index contributed by atoms with van der Waals surface area (Å²) in [6.07, 6.45) is 2.36. The first-order valence-corrected chi connectivity index (χ1v) is 10.0. The SMILES string of the molecule is O=C(CSc1cn[nH]n1)N1N=C(c2cccs2)CC1c1cccs1. The van der Waals surface area contributed by atoms with Gasteiger partial charge in [-0.15, -0.1) is 27.8 Å². The molecule has 1 aliphatic rings. The maximum absolute atomic E-state index is 12.7. The number of nitrogens with one attached hydrogen (secondary N) is 1. The number of aromatic nitrogens is 3. The Hall–Kier alpha value is -1.97. The lowest BCUT2D eigenvalue weighted by atomic mass is 10.1. The molecule has 1 aliphatic heterocycles. The second-order valence-electron chi connectivity index (χ2n) is 5.09. The molecule has 0 radical (unpaired) electrons. The van der Waals surface area contributed by atoms with E-state index >= 15 is 0 Å². The number of nitrogens with zero attached hydrogens (tertiary/aromatic N) is 4. The second kappa shape index (κ2) is 6.88. The zero-order valence-electron chi connectivity index (χ0n) is 12.5. The van der Waals surface area contributed by atoms with Crippen LogP contribution in [0.5, 0.6) is 0 Å². The van der Waals surface area contributed by atoms with Gasteiger partial charge in [0.25, 0.3) is 5.91 Å². The van der Waals surface area contributed by atoms with E-state index in [9.17, 15) is 4.79 Å². The van der Waals surface area contributed by atoms with Crippen LogP contribution >= 0.6 is 34.4 Å². The number of hydrazone groups is 1. The Bertz CT molecular complexity index is 827. The third-order valence-electron chi connectivity index (χ3n) is 3.58. The van der Waals surface area contributed by atoms with Crippen LogP contribution < -0.4 is 0 Å². The maximum Gasteiger partial charge on any atom is 0.253 e. The molecular formula is C15H13N5OS3. The van der Waals surface area contributed by atoms with Crippen LogP contribution in [-0.2, 0) is 4.79 Å². The molecule has 0 fully saturated rings. The molecule has 6 nitrogen and oxygen atoms in total. The quantitative estimate of drug-likeness (QED) is 0.694. The van der Waals surface area contributed by atoms with E-state index in [0.717, 1.165) is 21.9 Å². The van der Waals surface area contributed by atoms with Crippen molar-refractivity contribution in [3.63, 3.8) is 0 Å². The summed E-state index contributed by atoms with van der Waals surface area (Å²) in [4.78, 5) is 15.0. The van der Waals surface area contributed by atoms with E-state index in [2.05, 4.69) is 26.6 Å². The van der Waals surface area contributed by atoms with Crippen molar-refractivity contribution in [2.45, 2.75) is 17.5 Å². The fourth-order valence-electron chi connectivity index (χ4n) is 2.50. The van der Waals surface area contributed by atoms with Crippen LogP contribution in [0.1, 0.15) is 22.2 Å². The summed E-state index contributed by atoms with van der Waals surface area (Å²) in [5, 5.41) is 21.3. The number of hydrogen-bond acceptors (Lipinski definition) is 7. The summed E-state index contributed by atoms with van der Waals surface area (Å²) in [5.41, 5.74) is 0.975. The Morgan fingerprint density at radius 2 is 2.21 bits per heavy atom. The van der Waals surface area contributed by atoms with Crippen molar-refractivity contribution in [3.05, 3.63) is 51.0 Å². The van der Waals surface area contributed by atoms with Gasteiger partial charge >= 0.3 is 0 Å². The van der Waals surface area contributed by atoms with Crippen molar-refractivity contribution < 1.29 is 4.79 Å². The van der Waals surface area contributed by atoms with Gasteiger partial charge in [-0.3, -0.25) is 4.79 Å². The van der Waals surface area contributed by atoms with Gasteiger partial charge in [0.1, 0.15) is 5.03 Å². The molecule has 4 rings (SSSR count). The highest BCUT2D eigenvalue weighted by Gasteiger charge is 2.33. The van der Waals surface area contributed by atoms with Crippen LogP contribution in [0.2, 0.25) is 0 Å². The number of H-pyrrole nitrogens is 1. The molecule has 0 aromatic carbocycles. The molecule has 1 unspecified atom stereocenters. The van der Waals surface area contributed by atoms with E-state index in [4.69, 9.17) is 0 Å². The van der Waals surface area contributed by atoms with Crippen molar-refractivity contribution in [3.8, 4) is 0 Å². The Kier molecular flexibility index (Phi) is 4.46. The van der Waals surface area contributed by atoms with E-state index in [1.807, 2.05) is 29.0 Å². The molecule has 0 bridgehead atoms. The van der Waals surface area contributed by atoms with Crippen molar-refractivity contribution in [1.82, 2.24) is 20.4 Å². The molecule has 0 spiro atoms. The molecule has 0 saturated carbocycles. The van der Waals surface area contributed by atoms with Crippen LogP contribution in [0.25, 0.3) is 0 Å². The van der Waals surface area contributed by atoms with Crippen LogP contribution in [0.15, 0.2) is 51.3 Å². The first-order chi connectivity index (χ1) is 11.8. The predicted octanol–water partition coefficient (Wildman–Crippen LogP) is 3.40. The number of thiophene rings is 2. The summed E-state index contributed by atoms with van der Waals surface area (Å²) in [6, 6.07) is 8.11.